The maximum absolute atomic E-state index is 10.8. The highest BCUT2D eigenvalue weighted by Gasteiger charge is 2.29. The van der Waals surface area contributed by atoms with Crippen LogP contribution in [0.25, 0.3) is 0 Å². The van der Waals surface area contributed by atoms with Crippen LogP contribution >= 0.6 is 0 Å². The van der Waals surface area contributed by atoms with Gasteiger partial charge < -0.3 is 4.42 Å². The Morgan fingerprint density at radius 3 is 3.00 bits per heavy atom. The molecule has 1 aliphatic carbocycles. The van der Waals surface area contributed by atoms with Crippen molar-refractivity contribution in [3.63, 3.8) is 0 Å². The van der Waals surface area contributed by atoms with Crippen molar-refractivity contribution in [3.8, 4) is 0 Å². The van der Waals surface area contributed by atoms with Crippen LogP contribution in [0.2, 0.25) is 0 Å². The first-order valence-corrected chi connectivity index (χ1v) is 4.06. The Labute approximate surface area is 74.8 Å². The molecule has 0 aromatic carbocycles. The lowest BCUT2D eigenvalue weighted by Gasteiger charge is -1.91. The fraction of sp³-hybridized carbons (Fsp3) is 0.375. The average Bonchev–Trinajstić information content (AvgIpc) is 2.88. The van der Waals surface area contributed by atoms with E-state index in [1.165, 1.54) is 0 Å². The molecule has 13 heavy (non-hydrogen) atoms. The van der Waals surface area contributed by atoms with Crippen molar-refractivity contribution in [2.75, 3.05) is 5.32 Å². The van der Waals surface area contributed by atoms with Crippen molar-refractivity contribution in [1.82, 2.24) is 10.2 Å². The van der Waals surface area contributed by atoms with Gasteiger partial charge in [0.2, 0.25) is 5.89 Å². The summed E-state index contributed by atoms with van der Waals surface area (Å²) in [5.41, 5.74) is 0. The predicted octanol–water partition coefficient (Wildman–Crippen LogP) is 1.07. The monoisotopic (exact) mass is 179 g/mol. The summed E-state index contributed by atoms with van der Waals surface area (Å²) < 4.78 is 5.18. The summed E-state index contributed by atoms with van der Waals surface area (Å²) >= 11 is 0. The lowest BCUT2D eigenvalue weighted by atomic mass is 10.4. The maximum atomic E-state index is 10.8. The van der Waals surface area contributed by atoms with Gasteiger partial charge in [-0.2, -0.15) is 0 Å². The summed E-state index contributed by atoms with van der Waals surface area (Å²) in [6, 6.07) is 0.145. The third-order valence-corrected chi connectivity index (χ3v) is 1.78. The molecule has 0 bridgehead atoms. The van der Waals surface area contributed by atoms with Crippen LogP contribution in [0.15, 0.2) is 17.1 Å². The zero-order valence-corrected chi connectivity index (χ0v) is 6.99. The Morgan fingerprint density at radius 2 is 2.38 bits per heavy atom. The standard InChI is InChI=1S/C8H9N3O2/c1-2-6(12)9-8-11-10-7(13-8)5-3-4-5/h2,5H,1,3-4H2,(H,9,11,12). The van der Waals surface area contributed by atoms with Gasteiger partial charge in [-0.3, -0.25) is 10.1 Å². The second-order valence-electron chi connectivity index (χ2n) is 2.91. The summed E-state index contributed by atoms with van der Waals surface area (Å²) in [4.78, 5) is 10.8. The fourth-order valence-corrected chi connectivity index (χ4v) is 0.937. The summed E-state index contributed by atoms with van der Waals surface area (Å²) in [5, 5.41) is 9.87. The van der Waals surface area contributed by atoms with Gasteiger partial charge in [0, 0.05) is 5.92 Å². The summed E-state index contributed by atoms with van der Waals surface area (Å²) in [5.74, 6) is 0.673. The number of rotatable bonds is 3. The zero-order valence-electron chi connectivity index (χ0n) is 6.99. The lowest BCUT2D eigenvalue weighted by molar-refractivity contribution is -0.112. The molecule has 1 aromatic heterocycles. The van der Waals surface area contributed by atoms with Gasteiger partial charge in [0.15, 0.2) is 0 Å². The van der Waals surface area contributed by atoms with Crippen LogP contribution in [0.3, 0.4) is 0 Å². The summed E-state index contributed by atoms with van der Waals surface area (Å²) in [7, 11) is 0. The molecule has 0 radical (unpaired) electrons. The average molecular weight is 179 g/mol. The topological polar surface area (TPSA) is 68.0 Å². The Balaban J connectivity index is 2.04. The van der Waals surface area contributed by atoms with Crippen molar-refractivity contribution in [1.29, 1.82) is 0 Å². The molecule has 1 fully saturated rings. The first-order chi connectivity index (χ1) is 6.29. The molecule has 1 amide bonds. The quantitative estimate of drug-likeness (QED) is 0.705. The maximum Gasteiger partial charge on any atom is 0.322 e. The molecule has 0 atom stereocenters. The molecule has 1 heterocycles. The second kappa shape index (κ2) is 3.01. The zero-order chi connectivity index (χ0) is 9.26. The molecule has 0 saturated heterocycles. The number of anilines is 1. The summed E-state index contributed by atoms with van der Waals surface area (Å²) in [6.07, 6.45) is 3.34. The lowest BCUT2D eigenvalue weighted by Crippen LogP contribution is -2.07. The normalized spacial score (nSPS) is 15.4. The second-order valence-corrected chi connectivity index (χ2v) is 2.91. The molecule has 0 unspecified atom stereocenters. The van der Waals surface area contributed by atoms with Gasteiger partial charge in [-0.05, 0) is 18.9 Å². The van der Waals surface area contributed by atoms with E-state index >= 15 is 0 Å². The molecule has 1 aliphatic rings. The highest BCUT2D eigenvalue weighted by atomic mass is 16.4. The largest absolute Gasteiger partial charge is 0.408 e. The van der Waals surface area contributed by atoms with Gasteiger partial charge in [-0.1, -0.05) is 11.7 Å². The third-order valence-electron chi connectivity index (χ3n) is 1.78. The molecule has 68 valence electrons. The Kier molecular flexibility index (Phi) is 1.84. The Bertz CT molecular complexity index is 341. The smallest absolute Gasteiger partial charge is 0.322 e. The number of hydrogen-bond acceptors (Lipinski definition) is 4. The van der Waals surface area contributed by atoms with Crippen LogP contribution in [0.5, 0.6) is 0 Å². The van der Waals surface area contributed by atoms with Crippen molar-refractivity contribution < 1.29 is 9.21 Å². The van der Waals surface area contributed by atoms with Crippen molar-refractivity contribution in [3.05, 3.63) is 18.5 Å². The van der Waals surface area contributed by atoms with Crippen LogP contribution in [-0.2, 0) is 4.79 Å². The molecule has 5 nitrogen and oxygen atoms in total. The number of carbonyl (C=O) groups is 1. The predicted molar refractivity (Wildman–Crippen MR) is 45.1 cm³/mol. The third kappa shape index (κ3) is 1.74. The fourth-order valence-electron chi connectivity index (χ4n) is 0.937. The Hall–Kier alpha value is -1.65. The van der Waals surface area contributed by atoms with Crippen LogP contribution < -0.4 is 5.32 Å². The SMILES string of the molecule is C=CC(=O)Nc1nnc(C2CC2)o1. The molecular weight excluding hydrogens is 170 g/mol. The van der Waals surface area contributed by atoms with E-state index in [9.17, 15) is 4.79 Å². The number of nitrogens with one attached hydrogen (secondary N) is 1. The van der Waals surface area contributed by atoms with Crippen molar-refractivity contribution in [2.24, 2.45) is 0 Å². The number of aromatic nitrogens is 2. The minimum Gasteiger partial charge on any atom is -0.408 e. The van der Waals surface area contributed by atoms with E-state index in [-0.39, 0.29) is 11.9 Å². The van der Waals surface area contributed by atoms with Crippen LogP contribution in [-0.4, -0.2) is 16.1 Å². The van der Waals surface area contributed by atoms with Gasteiger partial charge in [0.1, 0.15) is 0 Å². The summed E-state index contributed by atoms with van der Waals surface area (Å²) in [6.45, 7) is 3.31. The molecule has 2 rings (SSSR count). The first-order valence-electron chi connectivity index (χ1n) is 4.06. The highest BCUT2D eigenvalue weighted by molar-refractivity contribution is 5.97. The molecule has 0 aliphatic heterocycles. The van der Waals surface area contributed by atoms with Gasteiger partial charge in [-0.15, -0.1) is 5.10 Å². The molecule has 1 saturated carbocycles. The molecule has 1 aromatic rings. The van der Waals surface area contributed by atoms with Crippen LogP contribution in [0, 0.1) is 0 Å². The van der Waals surface area contributed by atoms with Gasteiger partial charge in [0.25, 0.3) is 5.91 Å². The number of amides is 1. The van der Waals surface area contributed by atoms with Crippen molar-refractivity contribution >= 4 is 11.9 Å². The van der Waals surface area contributed by atoms with Crippen LogP contribution in [0.4, 0.5) is 6.01 Å². The van der Waals surface area contributed by atoms with E-state index in [4.69, 9.17) is 4.42 Å². The molecule has 1 N–H and O–H groups in total. The Morgan fingerprint density at radius 1 is 1.62 bits per heavy atom. The van der Waals surface area contributed by atoms with E-state index in [0.29, 0.717) is 11.8 Å². The van der Waals surface area contributed by atoms with Crippen molar-refractivity contribution in [2.45, 2.75) is 18.8 Å². The van der Waals surface area contributed by atoms with E-state index in [1.807, 2.05) is 0 Å². The molecule has 0 spiro atoms. The van der Waals surface area contributed by atoms with Gasteiger partial charge >= 0.3 is 6.01 Å². The van der Waals surface area contributed by atoms with Crippen LogP contribution in [0.1, 0.15) is 24.7 Å². The number of hydrogen-bond donors (Lipinski definition) is 1. The minimum atomic E-state index is -0.342. The molecular formula is C8H9N3O2. The highest BCUT2D eigenvalue weighted by Crippen LogP contribution is 2.39. The van der Waals surface area contributed by atoms with E-state index in [0.717, 1.165) is 18.9 Å². The van der Waals surface area contributed by atoms with Gasteiger partial charge in [-0.25, -0.2) is 0 Å². The number of nitrogens with zero attached hydrogens (tertiary/aromatic N) is 2. The molecule has 5 heteroatoms. The van der Waals surface area contributed by atoms with E-state index < -0.39 is 0 Å². The number of carbonyl (C=O) groups excluding carboxylic acids is 1. The van der Waals surface area contributed by atoms with E-state index in [2.05, 4.69) is 22.1 Å². The first kappa shape index (κ1) is 7.97. The van der Waals surface area contributed by atoms with E-state index in [1.54, 1.807) is 0 Å². The minimum absolute atomic E-state index is 0.145. The van der Waals surface area contributed by atoms with Gasteiger partial charge in [0.05, 0.1) is 0 Å².